The quantitative estimate of drug-likeness (QED) is 0.104. The predicted molar refractivity (Wildman–Crippen MR) is 148 cm³/mol. The summed E-state index contributed by atoms with van der Waals surface area (Å²) < 4.78 is 11.3. The van der Waals surface area contributed by atoms with Gasteiger partial charge in [-0.1, -0.05) is 97.8 Å². The first-order valence-corrected chi connectivity index (χ1v) is 14.4. The third-order valence-electron chi connectivity index (χ3n) is 6.76. The number of hydrogen-bond donors (Lipinski definition) is 0. The third-order valence-corrected chi connectivity index (χ3v) is 6.76. The second-order valence-electron chi connectivity index (χ2n) is 10.0. The molecule has 0 saturated heterocycles. The number of unbranched alkanes of at least 4 members (excludes halogenated alkanes) is 10. The van der Waals surface area contributed by atoms with Gasteiger partial charge in [-0.05, 0) is 43.0 Å². The Hall–Kier alpha value is -2.43. The Morgan fingerprint density at radius 2 is 1.39 bits per heavy atom. The zero-order valence-electron chi connectivity index (χ0n) is 23.0. The van der Waals surface area contributed by atoms with Gasteiger partial charge in [-0.25, -0.2) is 9.97 Å². The molecule has 0 bridgehead atoms. The van der Waals surface area contributed by atoms with Crippen LogP contribution in [0.25, 0.3) is 11.4 Å². The molecule has 0 aliphatic rings. The molecule has 0 spiro atoms. The summed E-state index contributed by atoms with van der Waals surface area (Å²) in [4.78, 5) is 20.9. The van der Waals surface area contributed by atoms with E-state index in [1.165, 1.54) is 70.6 Å². The molecule has 200 valence electrons. The normalized spacial score (nSPS) is 11.9. The van der Waals surface area contributed by atoms with Gasteiger partial charge < -0.3 is 9.47 Å². The van der Waals surface area contributed by atoms with Crippen LogP contribution in [0.3, 0.4) is 0 Å². The van der Waals surface area contributed by atoms with Gasteiger partial charge in [0.05, 0.1) is 19.0 Å². The zero-order chi connectivity index (χ0) is 25.8. The number of benzene rings is 1. The molecular weight excluding hydrogens is 448 g/mol. The van der Waals surface area contributed by atoms with E-state index in [4.69, 9.17) is 9.47 Å². The SMILES string of the molecule is CCCCCCCCCCCCOc1cnc(-c2ccc(OC(=O)CCCCC(C)CC)cc2)nc1. The number of rotatable bonds is 20. The van der Waals surface area contributed by atoms with Crippen LogP contribution in [0, 0.1) is 5.92 Å². The van der Waals surface area contributed by atoms with Gasteiger partial charge >= 0.3 is 5.97 Å². The fraction of sp³-hybridized carbons (Fsp3) is 0.645. The van der Waals surface area contributed by atoms with Crippen molar-refractivity contribution in [3.05, 3.63) is 36.7 Å². The lowest BCUT2D eigenvalue weighted by Crippen LogP contribution is -2.07. The molecule has 0 saturated carbocycles. The van der Waals surface area contributed by atoms with Crippen molar-refractivity contribution in [3.63, 3.8) is 0 Å². The fourth-order valence-electron chi connectivity index (χ4n) is 4.14. The lowest BCUT2D eigenvalue weighted by molar-refractivity contribution is -0.134. The van der Waals surface area contributed by atoms with Crippen molar-refractivity contribution in [2.24, 2.45) is 5.92 Å². The molecular formula is C31H48N2O3. The Morgan fingerprint density at radius 3 is 2.00 bits per heavy atom. The molecule has 2 rings (SSSR count). The van der Waals surface area contributed by atoms with E-state index in [2.05, 4.69) is 30.7 Å². The van der Waals surface area contributed by atoms with Crippen LogP contribution < -0.4 is 9.47 Å². The van der Waals surface area contributed by atoms with E-state index in [9.17, 15) is 4.79 Å². The summed E-state index contributed by atoms with van der Waals surface area (Å²) in [6.45, 7) is 7.43. The molecule has 5 heteroatoms. The van der Waals surface area contributed by atoms with E-state index in [-0.39, 0.29) is 5.97 Å². The minimum atomic E-state index is -0.174. The maximum atomic E-state index is 12.1. The highest BCUT2D eigenvalue weighted by molar-refractivity contribution is 5.72. The topological polar surface area (TPSA) is 61.3 Å². The molecule has 2 aromatic rings. The number of carbonyl (C=O) groups excluding carboxylic acids is 1. The van der Waals surface area contributed by atoms with E-state index < -0.39 is 0 Å². The predicted octanol–water partition coefficient (Wildman–Crippen LogP) is 8.96. The second-order valence-corrected chi connectivity index (χ2v) is 10.0. The van der Waals surface area contributed by atoms with Crippen molar-refractivity contribution < 1.29 is 14.3 Å². The van der Waals surface area contributed by atoms with Crippen LogP contribution in [0.4, 0.5) is 0 Å². The molecule has 0 amide bonds. The minimum absolute atomic E-state index is 0.174. The molecule has 0 aliphatic heterocycles. The monoisotopic (exact) mass is 496 g/mol. The first kappa shape index (κ1) is 29.8. The van der Waals surface area contributed by atoms with Gasteiger partial charge in [-0.3, -0.25) is 4.79 Å². The lowest BCUT2D eigenvalue weighted by Gasteiger charge is -2.08. The van der Waals surface area contributed by atoms with Gasteiger partial charge in [-0.2, -0.15) is 0 Å². The van der Waals surface area contributed by atoms with Gasteiger partial charge in [0.25, 0.3) is 0 Å². The number of esters is 1. The van der Waals surface area contributed by atoms with Crippen molar-refractivity contribution in [2.75, 3.05) is 6.61 Å². The molecule has 1 aromatic carbocycles. The summed E-state index contributed by atoms with van der Waals surface area (Å²) >= 11 is 0. The number of nitrogens with zero attached hydrogens (tertiary/aromatic N) is 2. The van der Waals surface area contributed by atoms with Gasteiger partial charge in [0.2, 0.25) is 0 Å². The average Bonchev–Trinajstić information content (AvgIpc) is 2.90. The number of aromatic nitrogens is 2. The van der Waals surface area contributed by atoms with Crippen LogP contribution in [-0.4, -0.2) is 22.5 Å². The highest BCUT2D eigenvalue weighted by atomic mass is 16.5. The molecule has 0 fully saturated rings. The summed E-state index contributed by atoms with van der Waals surface area (Å²) in [6, 6.07) is 7.35. The lowest BCUT2D eigenvalue weighted by atomic mass is 10.0. The Labute approximate surface area is 219 Å². The van der Waals surface area contributed by atoms with Crippen LogP contribution in [0.15, 0.2) is 36.7 Å². The Bertz CT molecular complexity index is 821. The molecule has 0 aliphatic carbocycles. The molecule has 36 heavy (non-hydrogen) atoms. The molecule has 1 unspecified atom stereocenters. The maximum absolute atomic E-state index is 12.1. The van der Waals surface area contributed by atoms with Gasteiger partial charge in [0, 0.05) is 12.0 Å². The number of hydrogen-bond acceptors (Lipinski definition) is 5. The summed E-state index contributed by atoms with van der Waals surface area (Å²) in [6.07, 6.45) is 21.3. The number of carbonyl (C=O) groups is 1. The van der Waals surface area contributed by atoms with E-state index in [0.717, 1.165) is 30.7 Å². The van der Waals surface area contributed by atoms with E-state index in [1.54, 1.807) is 24.5 Å². The largest absolute Gasteiger partial charge is 0.490 e. The fourth-order valence-corrected chi connectivity index (χ4v) is 4.14. The second kappa shape index (κ2) is 18.8. The van der Waals surface area contributed by atoms with E-state index in [1.807, 2.05) is 12.1 Å². The summed E-state index contributed by atoms with van der Waals surface area (Å²) in [5.74, 6) is 2.44. The smallest absolute Gasteiger partial charge is 0.311 e. The van der Waals surface area contributed by atoms with Crippen molar-refractivity contribution in [3.8, 4) is 22.9 Å². The van der Waals surface area contributed by atoms with Crippen molar-refractivity contribution in [2.45, 2.75) is 117 Å². The molecule has 1 heterocycles. The van der Waals surface area contributed by atoms with Gasteiger partial charge in [-0.15, -0.1) is 0 Å². The number of ether oxygens (including phenoxy) is 2. The van der Waals surface area contributed by atoms with Crippen molar-refractivity contribution in [1.29, 1.82) is 0 Å². The van der Waals surface area contributed by atoms with Gasteiger partial charge in [0.15, 0.2) is 11.6 Å². The first-order valence-electron chi connectivity index (χ1n) is 14.4. The Balaban J connectivity index is 1.61. The third kappa shape index (κ3) is 13.0. The Kier molecular flexibility index (Phi) is 15.5. The van der Waals surface area contributed by atoms with Crippen LogP contribution in [-0.2, 0) is 4.79 Å². The summed E-state index contributed by atoms with van der Waals surface area (Å²) in [5.41, 5.74) is 0.879. The molecule has 5 nitrogen and oxygen atoms in total. The standard InChI is InChI=1S/C31H48N2O3/c1-4-6-7-8-9-10-11-12-13-16-23-35-29-24-32-31(33-25-29)27-19-21-28(22-20-27)36-30(34)18-15-14-17-26(3)5-2/h19-22,24-26H,4-18,23H2,1-3H3. The highest BCUT2D eigenvalue weighted by Gasteiger charge is 2.08. The van der Waals surface area contributed by atoms with E-state index >= 15 is 0 Å². The maximum Gasteiger partial charge on any atom is 0.311 e. The van der Waals surface area contributed by atoms with Crippen molar-refractivity contribution >= 4 is 5.97 Å². The van der Waals surface area contributed by atoms with Crippen LogP contribution in [0.2, 0.25) is 0 Å². The summed E-state index contributed by atoms with van der Waals surface area (Å²) in [5, 5.41) is 0. The zero-order valence-corrected chi connectivity index (χ0v) is 23.0. The molecule has 0 N–H and O–H groups in total. The van der Waals surface area contributed by atoms with Crippen LogP contribution >= 0.6 is 0 Å². The Morgan fingerprint density at radius 1 is 0.778 bits per heavy atom. The summed E-state index contributed by atoms with van der Waals surface area (Å²) in [7, 11) is 0. The molecule has 1 atom stereocenters. The average molecular weight is 497 g/mol. The van der Waals surface area contributed by atoms with E-state index in [0.29, 0.717) is 30.4 Å². The minimum Gasteiger partial charge on any atom is -0.490 e. The molecule has 0 radical (unpaired) electrons. The van der Waals surface area contributed by atoms with Crippen LogP contribution in [0.5, 0.6) is 11.5 Å². The highest BCUT2D eigenvalue weighted by Crippen LogP contribution is 2.21. The van der Waals surface area contributed by atoms with Gasteiger partial charge in [0.1, 0.15) is 5.75 Å². The first-order chi connectivity index (χ1) is 17.6. The van der Waals surface area contributed by atoms with Crippen LogP contribution in [0.1, 0.15) is 117 Å². The van der Waals surface area contributed by atoms with Crippen molar-refractivity contribution in [1.82, 2.24) is 9.97 Å². The molecule has 1 aromatic heterocycles.